The number of alkyl halides is 3. The first-order valence-electron chi connectivity index (χ1n) is 8.64. The van der Waals surface area contributed by atoms with Crippen molar-refractivity contribution in [1.82, 2.24) is 14.5 Å². The van der Waals surface area contributed by atoms with E-state index in [4.69, 9.17) is 0 Å². The van der Waals surface area contributed by atoms with Crippen LogP contribution >= 0.6 is 15.9 Å². The maximum atomic E-state index is 14.8. The van der Waals surface area contributed by atoms with Crippen molar-refractivity contribution in [2.24, 2.45) is 0 Å². The summed E-state index contributed by atoms with van der Waals surface area (Å²) in [5.41, 5.74) is -4.11. The molecule has 1 heterocycles. The average molecular weight is 491 g/mol. The molecule has 2 rings (SSSR count). The fraction of sp³-hybridized carbons (Fsp3) is 0.421. The van der Waals surface area contributed by atoms with Crippen LogP contribution < -0.4 is 0 Å². The lowest BCUT2D eigenvalue weighted by Gasteiger charge is -2.47. The number of carbonyl (C=O) groups is 1. The molecule has 0 aliphatic rings. The fourth-order valence-electron chi connectivity index (χ4n) is 3.52. The third-order valence-electron chi connectivity index (χ3n) is 4.51. The van der Waals surface area contributed by atoms with Crippen LogP contribution in [0.25, 0.3) is 0 Å². The highest BCUT2D eigenvalue weighted by Gasteiger charge is 2.46. The van der Waals surface area contributed by atoms with Crippen LogP contribution in [0.1, 0.15) is 44.8 Å². The van der Waals surface area contributed by atoms with E-state index in [0.29, 0.717) is 10.7 Å². The quantitative estimate of drug-likeness (QED) is 0.584. The largest absolute Gasteiger partial charge is 0.465 e. The number of rotatable bonds is 4. The zero-order valence-corrected chi connectivity index (χ0v) is 18.1. The second-order valence-electron chi connectivity index (χ2n) is 7.87. The molecule has 0 saturated carbocycles. The molecule has 2 aromatic rings. The van der Waals surface area contributed by atoms with Gasteiger partial charge in [0.05, 0.1) is 12.1 Å². The highest BCUT2D eigenvalue weighted by Crippen LogP contribution is 2.39. The van der Waals surface area contributed by atoms with E-state index < -0.39 is 47.2 Å². The molecule has 1 aromatic heterocycles. The van der Waals surface area contributed by atoms with Gasteiger partial charge in [0.1, 0.15) is 11.9 Å². The lowest BCUT2D eigenvalue weighted by atomic mass is 9.85. The van der Waals surface area contributed by atoms with E-state index in [-0.39, 0.29) is 5.56 Å². The second-order valence-corrected chi connectivity index (χ2v) is 8.79. The molecule has 0 fully saturated rings. The Morgan fingerprint density at radius 1 is 1.30 bits per heavy atom. The van der Waals surface area contributed by atoms with Crippen LogP contribution in [0.15, 0.2) is 28.9 Å². The molecule has 0 radical (unpaired) electrons. The van der Waals surface area contributed by atoms with Gasteiger partial charge in [0.15, 0.2) is 5.69 Å². The fourth-order valence-corrected chi connectivity index (χ4v) is 3.88. The van der Waals surface area contributed by atoms with Crippen molar-refractivity contribution >= 4 is 22.0 Å². The van der Waals surface area contributed by atoms with Gasteiger partial charge >= 0.3 is 12.3 Å². The number of nitriles is 1. The molecular weight excluding hydrogens is 472 g/mol. The summed E-state index contributed by atoms with van der Waals surface area (Å²) in [5, 5.41) is 19.2. The molecule has 0 spiro atoms. The summed E-state index contributed by atoms with van der Waals surface area (Å²) >= 11 is 3.22. The molecule has 1 aromatic carbocycles. The molecule has 30 heavy (non-hydrogen) atoms. The summed E-state index contributed by atoms with van der Waals surface area (Å²) in [6, 6.07) is 5.49. The predicted octanol–water partition coefficient (Wildman–Crippen LogP) is 5.37. The van der Waals surface area contributed by atoms with Crippen LogP contribution in [0.2, 0.25) is 0 Å². The molecule has 11 heteroatoms. The van der Waals surface area contributed by atoms with Crippen LogP contribution in [0.5, 0.6) is 0 Å². The van der Waals surface area contributed by atoms with Crippen LogP contribution in [0.4, 0.5) is 22.4 Å². The number of amides is 1. The van der Waals surface area contributed by atoms with Crippen LogP contribution in [0.3, 0.4) is 0 Å². The second kappa shape index (κ2) is 7.91. The lowest BCUT2D eigenvalue weighted by Crippen LogP contribution is -2.58. The van der Waals surface area contributed by atoms with Gasteiger partial charge in [-0.1, -0.05) is 15.9 Å². The first-order chi connectivity index (χ1) is 13.6. The SMILES string of the molecule is CC(C)(C)N(C(=O)O)C(C)(Cn1cc(C(F)(F)F)nc1C#N)c1cc(Br)ccc1F. The third kappa shape index (κ3) is 4.59. The van der Waals surface area contributed by atoms with Crippen molar-refractivity contribution in [3.63, 3.8) is 0 Å². The molecule has 0 aliphatic heterocycles. The van der Waals surface area contributed by atoms with E-state index in [2.05, 4.69) is 20.9 Å². The lowest BCUT2D eigenvalue weighted by molar-refractivity contribution is -0.141. The topological polar surface area (TPSA) is 82.2 Å². The Labute approximate surface area is 178 Å². The highest BCUT2D eigenvalue weighted by atomic mass is 79.9. The molecule has 0 saturated heterocycles. The maximum Gasteiger partial charge on any atom is 0.434 e. The molecule has 1 N–H and O–H groups in total. The smallest absolute Gasteiger partial charge is 0.434 e. The summed E-state index contributed by atoms with van der Waals surface area (Å²) in [6.45, 7) is 5.65. The summed E-state index contributed by atoms with van der Waals surface area (Å²) in [4.78, 5) is 16.4. The summed E-state index contributed by atoms with van der Waals surface area (Å²) < 4.78 is 55.5. The zero-order chi connectivity index (χ0) is 23.1. The van der Waals surface area contributed by atoms with E-state index >= 15 is 0 Å². The van der Waals surface area contributed by atoms with Crippen molar-refractivity contribution in [3.05, 3.63) is 51.8 Å². The molecule has 1 unspecified atom stereocenters. The van der Waals surface area contributed by atoms with Gasteiger partial charge in [0, 0.05) is 21.8 Å². The average Bonchev–Trinajstić information content (AvgIpc) is 2.98. The summed E-state index contributed by atoms with van der Waals surface area (Å²) in [5.74, 6) is -1.31. The van der Waals surface area contributed by atoms with E-state index in [9.17, 15) is 32.7 Å². The van der Waals surface area contributed by atoms with E-state index in [1.54, 1.807) is 26.8 Å². The van der Waals surface area contributed by atoms with Gasteiger partial charge in [-0.3, -0.25) is 4.90 Å². The van der Waals surface area contributed by atoms with Crippen molar-refractivity contribution in [2.45, 2.75) is 51.5 Å². The Kier molecular flexibility index (Phi) is 6.24. The number of halogens is 5. The minimum Gasteiger partial charge on any atom is -0.465 e. The van der Waals surface area contributed by atoms with Crippen LogP contribution in [-0.2, 0) is 18.3 Å². The van der Waals surface area contributed by atoms with Gasteiger partial charge in [0.2, 0.25) is 5.82 Å². The number of aromatic nitrogens is 2. The molecule has 1 amide bonds. The van der Waals surface area contributed by atoms with E-state index in [0.717, 1.165) is 15.5 Å². The molecule has 162 valence electrons. The third-order valence-corrected chi connectivity index (χ3v) is 5.00. The van der Waals surface area contributed by atoms with Crippen molar-refractivity contribution in [1.29, 1.82) is 5.26 Å². The normalized spacial score (nSPS) is 14.1. The van der Waals surface area contributed by atoms with Gasteiger partial charge in [-0.05, 0) is 45.9 Å². The summed E-state index contributed by atoms with van der Waals surface area (Å²) in [7, 11) is 0. The molecule has 0 aliphatic carbocycles. The Hall–Kier alpha value is -2.61. The van der Waals surface area contributed by atoms with E-state index in [1.165, 1.54) is 19.1 Å². The van der Waals surface area contributed by atoms with Gasteiger partial charge in [0.25, 0.3) is 0 Å². The van der Waals surface area contributed by atoms with Crippen LogP contribution in [-0.4, -0.2) is 31.2 Å². The summed E-state index contributed by atoms with van der Waals surface area (Å²) in [6.07, 6.45) is -5.58. The first kappa shape index (κ1) is 23.7. The van der Waals surface area contributed by atoms with Crippen molar-refractivity contribution < 1.29 is 27.5 Å². The number of hydrogen-bond acceptors (Lipinski definition) is 3. The van der Waals surface area contributed by atoms with Gasteiger partial charge in [-0.25, -0.2) is 14.2 Å². The zero-order valence-electron chi connectivity index (χ0n) is 16.6. The van der Waals surface area contributed by atoms with Gasteiger partial charge < -0.3 is 9.67 Å². The minimum atomic E-state index is -4.80. The number of imidazole rings is 1. The Morgan fingerprint density at radius 3 is 2.37 bits per heavy atom. The molecule has 6 nitrogen and oxygen atoms in total. The molecular formula is C19H19BrF4N4O2. The monoisotopic (exact) mass is 490 g/mol. The number of hydrogen-bond donors (Lipinski definition) is 1. The predicted molar refractivity (Wildman–Crippen MR) is 103 cm³/mol. The molecule has 1 atom stereocenters. The minimum absolute atomic E-state index is 0.0691. The van der Waals surface area contributed by atoms with Gasteiger partial charge in [-0.15, -0.1) is 0 Å². The highest BCUT2D eigenvalue weighted by molar-refractivity contribution is 9.10. The van der Waals surface area contributed by atoms with Gasteiger partial charge in [-0.2, -0.15) is 18.4 Å². The Bertz CT molecular complexity index is 1010. The van der Waals surface area contributed by atoms with Crippen LogP contribution in [0, 0.1) is 17.1 Å². The first-order valence-corrected chi connectivity index (χ1v) is 9.44. The Balaban J connectivity index is 2.79. The number of carboxylic acid groups (broad SMARTS) is 1. The van der Waals surface area contributed by atoms with Crippen molar-refractivity contribution in [3.8, 4) is 6.07 Å². The standard InChI is InChI=1S/C19H19BrF4N4O2/c1-17(2,3)28(16(29)30)18(4,12-7-11(20)5-6-13(12)21)10-27-9-14(19(22,23)24)26-15(27)8-25/h5-7,9H,10H2,1-4H3,(H,29,30). The number of nitrogens with zero attached hydrogens (tertiary/aromatic N) is 4. The van der Waals surface area contributed by atoms with Crippen molar-refractivity contribution in [2.75, 3.05) is 0 Å². The number of benzene rings is 1. The maximum absolute atomic E-state index is 14.8. The Morgan fingerprint density at radius 2 is 1.90 bits per heavy atom. The van der Waals surface area contributed by atoms with E-state index in [1.807, 2.05) is 0 Å². The molecule has 0 bridgehead atoms.